The van der Waals surface area contributed by atoms with Gasteiger partial charge in [0.25, 0.3) is 0 Å². The highest BCUT2D eigenvalue weighted by atomic mass is 31.2. The number of esters is 2. The van der Waals surface area contributed by atoms with Crippen molar-refractivity contribution in [3.8, 4) is 0 Å². The first-order chi connectivity index (χ1) is 29.8. The number of allylic oxidation sites excluding steroid dienone is 13. The molecule has 0 spiro atoms. The van der Waals surface area contributed by atoms with Crippen LogP contribution in [0.5, 0.6) is 0 Å². The lowest BCUT2D eigenvalue weighted by Crippen LogP contribution is -2.29. The van der Waals surface area contributed by atoms with Gasteiger partial charge in [0.2, 0.25) is 0 Å². The Labute approximate surface area is 371 Å². The molecule has 1 unspecified atom stereocenters. The molecule has 4 atom stereocenters. The lowest BCUT2D eigenvalue weighted by molar-refractivity contribution is -0.161. The minimum Gasteiger partial charge on any atom is -0.462 e. The van der Waals surface area contributed by atoms with Gasteiger partial charge in [0.05, 0.1) is 25.9 Å². The van der Waals surface area contributed by atoms with Crippen LogP contribution in [0.15, 0.2) is 85.1 Å². The van der Waals surface area contributed by atoms with E-state index in [1.165, 1.54) is 38.5 Å². The first-order valence-electron chi connectivity index (χ1n) is 22.4. The lowest BCUT2D eigenvalue weighted by Gasteiger charge is -2.20. The molecule has 0 aromatic heterocycles. The highest BCUT2D eigenvalue weighted by Gasteiger charge is 2.28. The number of phosphoric ester groups is 2. The number of phosphoric acid groups is 2. The first-order valence-corrected chi connectivity index (χ1v) is 25.4. The van der Waals surface area contributed by atoms with E-state index in [2.05, 4.69) is 47.2 Å². The molecule has 5 N–H and O–H groups in total. The van der Waals surface area contributed by atoms with E-state index < -0.39 is 72.3 Å². The summed E-state index contributed by atoms with van der Waals surface area (Å²) in [5.74, 6) is -1.19. The highest BCUT2D eigenvalue weighted by molar-refractivity contribution is 7.47. The quantitative estimate of drug-likeness (QED) is 0.0127. The fourth-order valence-electron chi connectivity index (χ4n) is 5.41. The minimum atomic E-state index is -4.88. The summed E-state index contributed by atoms with van der Waals surface area (Å²) in [6, 6.07) is 0. The molecule has 0 heterocycles. The molecule has 0 aliphatic heterocycles. The Morgan fingerprint density at radius 3 is 1.61 bits per heavy atom. The van der Waals surface area contributed by atoms with Crippen LogP contribution in [0.3, 0.4) is 0 Å². The second kappa shape index (κ2) is 41.0. The van der Waals surface area contributed by atoms with Crippen LogP contribution in [0, 0.1) is 0 Å². The third-order valence-electron chi connectivity index (χ3n) is 8.85. The molecule has 14 nitrogen and oxygen atoms in total. The van der Waals surface area contributed by atoms with E-state index in [-0.39, 0.29) is 12.8 Å². The lowest BCUT2D eigenvalue weighted by atomic mass is 10.1. The Balaban J connectivity index is 4.73. The standard InChI is InChI=1S/C46H78O14P2/c1-3-5-7-8-9-10-11-12-13-14-15-16-19-22-25-28-32-36-45(49)56-40-44(41-59-62(54,55)58-39-43(48)38-57-61(51,52)53)60-46(50)37-33-29-26-23-20-17-18-21-24-27-31-35-42(47)34-30-6-4-2/h12-13,15-18,22-27,31,35,42-44,47-48H,3-11,14,19-21,28-30,32-34,36-41H2,1-2H3,(H,54,55)(H2,51,52,53)/b13-12-,16-15-,18-17-,25-22-,26-23-,27-24-,35-31+/t42-,43-,44+/m0/s1. The van der Waals surface area contributed by atoms with Crippen LogP contribution in [0.4, 0.5) is 0 Å². The van der Waals surface area contributed by atoms with E-state index in [0.717, 1.165) is 57.8 Å². The van der Waals surface area contributed by atoms with Crippen LogP contribution in [0.25, 0.3) is 0 Å². The molecule has 356 valence electrons. The fraction of sp³-hybridized carbons (Fsp3) is 0.652. The highest BCUT2D eigenvalue weighted by Crippen LogP contribution is 2.43. The summed E-state index contributed by atoms with van der Waals surface area (Å²) in [4.78, 5) is 52.7. The van der Waals surface area contributed by atoms with Crippen molar-refractivity contribution >= 4 is 27.6 Å². The molecule has 0 saturated carbocycles. The molecule has 0 bridgehead atoms. The topological polar surface area (TPSA) is 216 Å². The van der Waals surface area contributed by atoms with Crippen molar-refractivity contribution in [2.24, 2.45) is 0 Å². The SMILES string of the molecule is CCCCCCCC/C=C\C/C=C\C/C=C\CCCC(=O)OC[C@H](COP(=O)(O)OC[C@@H](O)COP(=O)(O)O)OC(=O)CCC/C=C\C/C=C\C/C=C\C=C\[C@@H](O)CCCCC. The summed E-state index contributed by atoms with van der Waals surface area (Å²) >= 11 is 0. The maximum absolute atomic E-state index is 12.6. The molecule has 0 aliphatic carbocycles. The Hall–Kier alpha value is -2.74. The van der Waals surface area contributed by atoms with Crippen molar-refractivity contribution < 1.29 is 66.7 Å². The average Bonchev–Trinajstić information content (AvgIpc) is 3.23. The number of rotatable bonds is 41. The molecule has 0 rings (SSSR count). The van der Waals surface area contributed by atoms with E-state index in [4.69, 9.17) is 23.8 Å². The van der Waals surface area contributed by atoms with Crippen LogP contribution >= 0.6 is 15.6 Å². The maximum Gasteiger partial charge on any atom is 0.472 e. The zero-order chi connectivity index (χ0) is 46.0. The van der Waals surface area contributed by atoms with Crippen molar-refractivity contribution in [3.63, 3.8) is 0 Å². The first kappa shape index (κ1) is 59.3. The molecule has 0 aliphatic rings. The molecule has 0 saturated heterocycles. The molecule has 0 aromatic carbocycles. The van der Waals surface area contributed by atoms with Crippen molar-refractivity contribution in [3.05, 3.63) is 85.1 Å². The number of unbranched alkanes of at least 4 members (excludes halogenated alkanes) is 10. The second-order valence-corrected chi connectivity index (χ2v) is 17.5. The monoisotopic (exact) mass is 916 g/mol. The van der Waals surface area contributed by atoms with Gasteiger partial charge in [0, 0.05) is 12.8 Å². The van der Waals surface area contributed by atoms with E-state index in [0.29, 0.717) is 25.7 Å². The number of carbonyl (C=O) groups is 2. The average molecular weight is 917 g/mol. The van der Waals surface area contributed by atoms with Gasteiger partial charge in [-0.15, -0.1) is 0 Å². The van der Waals surface area contributed by atoms with E-state index in [1.54, 1.807) is 6.08 Å². The Bertz CT molecular complexity index is 1430. The van der Waals surface area contributed by atoms with Gasteiger partial charge in [0.15, 0.2) is 6.10 Å². The zero-order valence-electron chi connectivity index (χ0n) is 37.3. The second-order valence-electron chi connectivity index (χ2n) is 14.8. The van der Waals surface area contributed by atoms with Crippen LogP contribution in [-0.2, 0) is 41.8 Å². The van der Waals surface area contributed by atoms with Crippen molar-refractivity contribution in [2.45, 2.75) is 167 Å². The largest absolute Gasteiger partial charge is 0.472 e. The summed E-state index contributed by atoms with van der Waals surface area (Å²) in [6.07, 6.45) is 43.4. The van der Waals surface area contributed by atoms with Gasteiger partial charge in [-0.25, -0.2) is 9.13 Å². The molecule has 16 heteroatoms. The number of aliphatic hydroxyl groups excluding tert-OH is 2. The van der Waals surface area contributed by atoms with Gasteiger partial charge >= 0.3 is 27.6 Å². The van der Waals surface area contributed by atoms with Gasteiger partial charge in [-0.1, -0.05) is 150 Å². The molecule has 62 heavy (non-hydrogen) atoms. The molecule has 0 radical (unpaired) electrons. The molecular weight excluding hydrogens is 838 g/mol. The van der Waals surface area contributed by atoms with Crippen molar-refractivity contribution in [2.75, 3.05) is 26.4 Å². The third-order valence-corrected chi connectivity index (χ3v) is 10.3. The molecular formula is C46H78O14P2. The van der Waals surface area contributed by atoms with E-state index in [1.807, 2.05) is 54.7 Å². The van der Waals surface area contributed by atoms with Crippen LogP contribution in [0.1, 0.15) is 149 Å². The predicted octanol–water partition coefficient (Wildman–Crippen LogP) is 10.5. The van der Waals surface area contributed by atoms with E-state index in [9.17, 15) is 33.8 Å². The molecule has 0 amide bonds. The summed E-state index contributed by atoms with van der Waals surface area (Å²) < 4.78 is 47.6. The van der Waals surface area contributed by atoms with Crippen LogP contribution in [0.2, 0.25) is 0 Å². The van der Waals surface area contributed by atoms with Crippen LogP contribution in [-0.4, -0.2) is 81.6 Å². The third kappa shape index (κ3) is 43.9. The number of carbonyl (C=O) groups excluding carboxylic acids is 2. The number of ether oxygens (including phenoxy) is 2. The maximum atomic E-state index is 12.6. The van der Waals surface area contributed by atoms with Gasteiger partial charge in [-0.05, 0) is 70.6 Å². The minimum absolute atomic E-state index is 0.0206. The van der Waals surface area contributed by atoms with Crippen LogP contribution < -0.4 is 0 Å². The van der Waals surface area contributed by atoms with E-state index >= 15 is 0 Å². The smallest absolute Gasteiger partial charge is 0.462 e. The number of hydrogen-bond donors (Lipinski definition) is 5. The normalized spacial score (nSPS) is 15.3. The van der Waals surface area contributed by atoms with Gasteiger partial charge in [0.1, 0.15) is 12.7 Å². The zero-order valence-corrected chi connectivity index (χ0v) is 39.1. The summed E-state index contributed by atoms with van der Waals surface area (Å²) in [5, 5.41) is 19.6. The number of aliphatic hydroxyl groups is 2. The van der Waals surface area contributed by atoms with Gasteiger partial charge in [-0.2, -0.15) is 0 Å². The predicted molar refractivity (Wildman–Crippen MR) is 245 cm³/mol. The molecule has 0 fully saturated rings. The Morgan fingerprint density at radius 1 is 0.532 bits per heavy atom. The summed E-state index contributed by atoms with van der Waals surface area (Å²) in [6.45, 7) is 1.48. The van der Waals surface area contributed by atoms with Gasteiger partial charge < -0.3 is 34.4 Å². The summed E-state index contributed by atoms with van der Waals surface area (Å²) in [7, 11) is -9.73. The fourth-order valence-corrected chi connectivity index (χ4v) is 6.56. The van der Waals surface area contributed by atoms with Crippen molar-refractivity contribution in [1.82, 2.24) is 0 Å². The summed E-state index contributed by atoms with van der Waals surface area (Å²) in [5.41, 5.74) is 0. The van der Waals surface area contributed by atoms with Crippen molar-refractivity contribution in [1.29, 1.82) is 0 Å². The number of hydrogen-bond acceptors (Lipinski definition) is 11. The Kier molecular flexibility index (Phi) is 39.2. The Morgan fingerprint density at radius 2 is 1.02 bits per heavy atom. The van der Waals surface area contributed by atoms with Gasteiger partial charge in [-0.3, -0.25) is 23.2 Å². The molecule has 0 aromatic rings.